The van der Waals surface area contributed by atoms with E-state index in [1.807, 2.05) is 12.3 Å². The van der Waals surface area contributed by atoms with Gasteiger partial charge in [0.1, 0.15) is 0 Å². The van der Waals surface area contributed by atoms with Crippen molar-refractivity contribution in [2.45, 2.75) is 39.2 Å². The first-order valence-corrected chi connectivity index (χ1v) is 9.52. The van der Waals surface area contributed by atoms with Crippen molar-refractivity contribution in [1.29, 1.82) is 0 Å². The van der Waals surface area contributed by atoms with Gasteiger partial charge >= 0.3 is 0 Å². The lowest BCUT2D eigenvalue weighted by molar-refractivity contribution is 0.102. The molecule has 2 aromatic heterocycles. The lowest BCUT2D eigenvalue weighted by atomic mass is 9.90. The molecule has 5 nitrogen and oxygen atoms in total. The third-order valence-corrected chi connectivity index (χ3v) is 5.35. The zero-order valence-electron chi connectivity index (χ0n) is 14.2. The van der Waals surface area contributed by atoms with E-state index in [1.54, 1.807) is 17.1 Å². The first-order valence-electron chi connectivity index (χ1n) is 8.64. The summed E-state index contributed by atoms with van der Waals surface area (Å²) in [6, 6.07) is 6.61. The van der Waals surface area contributed by atoms with Crippen LogP contribution in [0.5, 0.6) is 0 Å². The number of carbonyl (C=O) groups excluding carboxylic acids is 1. The average Bonchev–Trinajstić information content (AvgIpc) is 3.30. The number of nitrogens with one attached hydrogen (secondary N) is 1. The molecule has 0 fully saturated rings. The summed E-state index contributed by atoms with van der Waals surface area (Å²) in [7, 11) is 0. The van der Waals surface area contributed by atoms with E-state index in [4.69, 9.17) is 0 Å². The Morgan fingerprint density at radius 1 is 1.28 bits per heavy atom. The molecule has 0 unspecified atom stereocenters. The summed E-state index contributed by atoms with van der Waals surface area (Å²) in [5, 5.41) is 9.60. The largest absolute Gasteiger partial charge is 0.298 e. The van der Waals surface area contributed by atoms with Crippen LogP contribution in [-0.2, 0) is 19.4 Å². The summed E-state index contributed by atoms with van der Waals surface area (Å²) in [4.78, 5) is 16.9. The zero-order valence-corrected chi connectivity index (χ0v) is 15.0. The van der Waals surface area contributed by atoms with Crippen molar-refractivity contribution in [2.24, 2.45) is 0 Å². The van der Waals surface area contributed by atoms with E-state index in [9.17, 15) is 4.79 Å². The van der Waals surface area contributed by atoms with Crippen LogP contribution in [0.1, 0.15) is 41.3 Å². The van der Waals surface area contributed by atoms with Crippen molar-refractivity contribution in [3.8, 4) is 11.3 Å². The predicted octanol–water partition coefficient (Wildman–Crippen LogP) is 4.16. The summed E-state index contributed by atoms with van der Waals surface area (Å²) < 4.78 is 1.73. The Hall–Kier alpha value is -2.47. The number of rotatable bonds is 4. The maximum Gasteiger partial charge on any atom is 0.260 e. The van der Waals surface area contributed by atoms with E-state index in [0.29, 0.717) is 10.7 Å². The Morgan fingerprint density at radius 3 is 2.92 bits per heavy atom. The van der Waals surface area contributed by atoms with E-state index >= 15 is 0 Å². The van der Waals surface area contributed by atoms with Gasteiger partial charge in [-0.25, -0.2) is 4.98 Å². The van der Waals surface area contributed by atoms with Gasteiger partial charge in [-0.2, -0.15) is 5.10 Å². The minimum atomic E-state index is -0.175. The first kappa shape index (κ1) is 16.0. The van der Waals surface area contributed by atoms with Gasteiger partial charge in [-0.15, -0.1) is 11.3 Å². The van der Waals surface area contributed by atoms with Crippen LogP contribution in [0.2, 0.25) is 0 Å². The number of benzene rings is 1. The summed E-state index contributed by atoms with van der Waals surface area (Å²) in [5.41, 5.74) is 5.49. The fraction of sp³-hybridized carbons (Fsp3) is 0.316. The Bertz CT molecular complexity index is 912. The molecule has 1 aromatic carbocycles. The number of aromatic nitrogens is 3. The highest BCUT2D eigenvalue weighted by molar-refractivity contribution is 7.14. The zero-order chi connectivity index (χ0) is 17.2. The molecule has 3 aromatic rings. The lowest BCUT2D eigenvalue weighted by Crippen LogP contribution is -2.10. The summed E-state index contributed by atoms with van der Waals surface area (Å²) in [6.07, 6.45) is 8.20. The number of nitrogens with zero attached hydrogens (tertiary/aromatic N) is 3. The van der Waals surface area contributed by atoms with Crippen molar-refractivity contribution in [1.82, 2.24) is 14.8 Å². The second-order valence-electron chi connectivity index (χ2n) is 6.27. The van der Waals surface area contributed by atoms with Crippen LogP contribution in [0.25, 0.3) is 11.3 Å². The molecule has 25 heavy (non-hydrogen) atoms. The smallest absolute Gasteiger partial charge is 0.260 e. The van der Waals surface area contributed by atoms with Crippen LogP contribution < -0.4 is 5.32 Å². The van der Waals surface area contributed by atoms with Crippen LogP contribution in [0.4, 0.5) is 5.13 Å². The van der Waals surface area contributed by atoms with Crippen LogP contribution in [0, 0.1) is 0 Å². The van der Waals surface area contributed by atoms with Gasteiger partial charge in [-0.3, -0.25) is 14.8 Å². The third-order valence-electron chi connectivity index (χ3n) is 4.59. The van der Waals surface area contributed by atoms with Crippen LogP contribution in [0.3, 0.4) is 0 Å². The van der Waals surface area contributed by atoms with Crippen LogP contribution in [0.15, 0.2) is 36.0 Å². The monoisotopic (exact) mass is 352 g/mol. The number of carbonyl (C=O) groups is 1. The van der Waals surface area contributed by atoms with Gasteiger partial charge in [0.2, 0.25) is 0 Å². The number of fused-ring (bicyclic) bond motifs is 1. The molecule has 1 aliphatic rings. The second kappa shape index (κ2) is 6.80. The highest BCUT2D eigenvalue weighted by Crippen LogP contribution is 2.29. The first-order chi connectivity index (χ1) is 12.2. The Labute approximate surface area is 150 Å². The Balaban J connectivity index is 1.51. The Kier molecular flexibility index (Phi) is 4.36. The van der Waals surface area contributed by atoms with E-state index in [2.05, 4.69) is 33.6 Å². The van der Waals surface area contributed by atoms with Crippen molar-refractivity contribution in [3.63, 3.8) is 0 Å². The molecular formula is C19H20N4OS. The average molecular weight is 352 g/mol. The highest BCUT2D eigenvalue weighted by Gasteiger charge is 2.14. The predicted molar refractivity (Wildman–Crippen MR) is 100 cm³/mol. The summed E-state index contributed by atoms with van der Waals surface area (Å²) in [6.45, 7) is 2.73. The quantitative estimate of drug-likeness (QED) is 0.767. The van der Waals surface area contributed by atoms with Gasteiger partial charge in [0.05, 0.1) is 17.5 Å². The third kappa shape index (κ3) is 3.35. The number of anilines is 1. The molecule has 0 saturated heterocycles. The minimum absolute atomic E-state index is 0.175. The van der Waals surface area contributed by atoms with Crippen molar-refractivity contribution in [3.05, 3.63) is 52.7 Å². The summed E-state index contributed by atoms with van der Waals surface area (Å²) in [5.74, 6) is -0.175. The highest BCUT2D eigenvalue weighted by atomic mass is 32.1. The molecule has 128 valence electrons. The second-order valence-corrected chi connectivity index (χ2v) is 7.13. The fourth-order valence-corrected chi connectivity index (χ4v) is 3.89. The van der Waals surface area contributed by atoms with Crippen LogP contribution >= 0.6 is 11.3 Å². The topological polar surface area (TPSA) is 59.8 Å². The molecule has 1 N–H and O–H groups in total. The molecular weight excluding hydrogens is 332 g/mol. The van der Waals surface area contributed by atoms with Crippen molar-refractivity contribution < 1.29 is 4.79 Å². The molecule has 1 amide bonds. The number of hydrogen-bond donors (Lipinski definition) is 1. The van der Waals surface area contributed by atoms with Crippen molar-refractivity contribution >= 4 is 22.4 Å². The number of aryl methyl sites for hydroxylation is 3. The number of hydrogen-bond acceptors (Lipinski definition) is 4. The van der Waals surface area contributed by atoms with Gasteiger partial charge in [-0.05, 0) is 49.8 Å². The van der Waals surface area contributed by atoms with Gasteiger partial charge in [0.15, 0.2) is 5.13 Å². The summed E-state index contributed by atoms with van der Waals surface area (Å²) >= 11 is 1.45. The molecule has 0 atom stereocenters. The maximum absolute atomic E-state index is 12.3. The molecule has 0 aliphatic heterocycles. The molecule has 0 bridgehead atoms. The van der Waals surface area contributed by atoms with E-state index in [1.165, 1.54) is 41.7 Å². The molecule has 0 spiro atoms. The van der Waals surface area contributed by atoms with Gasteiger partial charge < -0.3 is 0 Å². The van der Waals surface area contributed by atoms with Crippen molar-refractivity contribution in [2.75, 3.05) is 5.32 Å². The molecule has 6 heteroatoms. The van der Waals surface area contributed by atoms with Crippen LogP contribution in [-0.4, -0.2) is 20.7 Å². The van der Waals surface area contributed by atoms with Gasteiger partial charge in [-0.1, -0.05) is 12.1 Å². The van der Waals surface area contributed by atoms with Gasteiger partial charge in [0, 0.05) is 23.7 Å². The van der Waals surface area contributed by atoms with E-state index in [0.717, 1.165) is 24.2 Å². The molecule has 1 aliphatic carbocycles. The number of thiazole rings is 1. The SMILES string of the molecule is CCn1cc(C(=O)Nc2nc(-c3ccc4c(c3)CCCC4)cs2)cn1. The van der Waals surface area contributed by atoms with E-state index in [-0.39, 0.29) is 5.91 Å². The lowest BCUT2D eigenvalue weighted by Gasteiger charge is -2.16. The standard InChI is InChI=1S/C19H20N4OS/c1-2-23-11-16(10-20-23)18(24)22-19-21-17(12-25-19)15-8-7-13-5-3-4-6-14(13)9-15/h7-12H,2-6H2,1H3,(H,21,22,24). The van der Waals surface area contributed by atoms with E-state index < -0.39 is 0 Å². The molecule has 2 heterocycles. The molecule has 0 saturated carbocycles. The minimum Gasteiger partial charge on any atom is -0.298 e. The molecule has 4 rings (SSSR count). The maximum atomic E-state index is 12.3. The number of amides is 1. The molecule has 0 radical (unpaired) electrons. The fourth-order valence-electron chi connectivity index (χ4n) is 3.18. The normalized spacial score (nSPS) is 13.5. The Morgan fingerprint density at radius 2 is 2.12 bits per heavy atom. The van der Waals surface area contributed by atoms with Gasteiger partial charge in [0.25, 0.3) is 5.91 Å².